The average Bonchev–Trinajstić information content (AvgIpc) is 3.28. The molecule has 0 aliphatic rings. The summed E-state index contributed by atoms with van der Waals surface area (Å²) < 4.78 is 1.20. The van der Waals surface area contributed by atoms with Gasteiger partial charge in [-0.3, -0.25) is 19.5 Å². The van der Waals surface area contributed by atoms with Gasteiger partial charge in [0.25, 0.3) is 11.1 Å². The highest BCUT2D eigenvalue weighted by Gasteiger charge is 2.11. The third-order valence-electron chi connectivity index (χ3n) is 4.58. The van der Waals surface area contributed by atoms with Crippen LogP contribution in [-0.4, -0.2) is 15.7 Å². The summed E-state index contributed by atoms with van der Waals surface area (Å²) in [5, 5.41) is 10.3. The van der Waals surface area contributed by atoms with E-state index in [1.165, 1.54) is 10.2 Å². The largest absolute Gasteiger partial charge is 0.325 e. The van der Waals surface area contributed by atoms with E-state index in [0.29, 0.717) is 10.8 Å². The standard InChI is InChI=1S/C22H19N3O3S2/c26-20(9-11-25-22(28)17-6-2-1-5-16(17)21(27)24-25)23-18-7-3-4-8-19(18)30-14-15-10-12-29-13-15/h1-8,10,12-13H,9,11,14H2,(H,23,26)(H,24,27). The Balaban J connectivity index is 1.44. The molecule has 152 valence electrons. The Kier molecular flexibility index (Phi) is 6.15. The number of aromatic nitrogens is 2. The van der Waals surface area contributed by atoms with Crippen LogP contribution in [0.2, 0.25) is 0 Å². The van der Waals surface area contributed by atoms with Gasteiger partial charge in [-0.1, -0.05) is 24.3 Å². The molecule has 0 spiro atoms. The van der Waals surface area contributed by atoms with Crippen LogP contribution >= 0.6 is 23.1 Å². The molecular weight excluding hydrogens is 418 g/mol. The number of thiophene rings is 1. The normalized spacial score (nSPS) is 10.9. The number of rotatable bonds is 7. The van der Waals surface area contributed by atoms with Gasteiger partial charge in [0, 0.05) is 17.1 Å². The maximum Gasteiger partial charge on any atom is 0.273 e. The molecule has 4 aromatic rings. The third-order valence-corrected chi connectivity index (χ3v) is 6.46. The van der Waals surface area contributed by atoms with Gasteiger partial charge in [-0.2, -0.15) is 11.3 Å². The fraction of sp³-hybridized carbons (Fsp3) is 0.136. The highest BCUT2D eigenvalue weighted by molar-refractivity contribution is 7.98. The monoisotopic (exact) mass is 437 g/mol. The molecule has 6 nitrogen and oxygen atoms in total. The number of nitrogens with zero attached hydrogens (tertiary/aromatic N) is 1. The number of thioether (sulfide) groups is 1. The Morgan fingerprint density at radius 2 is 1.80 bits per heavy atom. The second kappa shape index (κ2) is 9.15. The number of amides is 1. The topological polar surface area (TPSA) is 84.0 Å². The summed E-state index contributed by atoms with van der Waals surface area (Å²) in [6.07, 6.45) is 0.0672. The molecule has 0 saturated carbocycles. The molecule has 0 bridgehead atoms. The first-order chi connectivity index (χ1) is 14.6. The van der Waals surface area contributed by atoms with Crippen molar-refractivity contribution >= 4 is 45.5 Å². The molecule has 0 aliphatic heterocycles. The van der Waals surface area contributed by atoms with Gasteiger partial charge in [0.2, 0.25) is 5.91 Å². The van der Waals surface area contributed by atoms with Crippen molar-refractivity contribution in [3.8, 4) is 0 Å². The quantitative estimate of drug-likeness (QED) is 0.427. The van der Waals surface area contributed by atoms with Crippen LogP contribution in [0.3, 0.4) is 0 Å². The number of aryl methyl sites for hydroxylation is 1. The maximum absolute atomic E-state index is 12.6. The number of H-pyrrole nitrogens is 1. The summed E-state index contributed by atoms with van der Waals surface area (Å²) in [5.41, 5.74) is 1.32. The first kappa shape index (κ1) is 20.2. The molecule has 4 rings (SSSR count). The molecule has 2 N–H and O–H groups in total. The molecule has 0 fully saturated rings. The molecule has 0 radical (unpaired) electrons. The van der Waals surface area contributed by atoms with Crippen LogP contribution in [0.1, 0.15) is 12.0 Å². The highest BCUT2D eigenvalue weighted by Crippen LogP contribution is 2.30. The predicted molar refractivity (Wildman–Crippen MR) is 122 cm³/mol. The minimum atomic E-state index is -0.346. The van der Waals surface area contributed by atoms with Crippen LogP contribution in [0.15, 0.2) is 79.8 Å². The van der Waals surface area contributed by atoms with Crippen molar-refractivity contribution in [1.29, 1.82) is 0 Å². The van der Waals surface area contributed by atoms with E-state index in [9.17, 15) is 14.4 Å². The molecule has 2 aromatic heterocycles. The molecular formula is C22H19N3O3S2. The fourth-order valence-corrected chi connectivity index (χ4v) is 4.79. The zero-order chi connectivity index (χ0) is 20.9. The van der Waals surface area contributed by atoms with E-state index in [-0.39, 0.29) is 30.0 Å². The number of carbonyl (C=O) groups excluding carboxylic acids is 1. The lowest BCUT2D eigenvalue weighted by Gasteiger charge is -2.11. The van der Waals surface area contributed by atoms with Gasteiger partial charge in [-0.15, -0.1) is 11.8 Å². The van der Waals surface area contributed by atoms with Crippen molar-refractivity contribution < 1.29 is 4.79 Å². The molecule has 2 aromatic carbocycles. The average molecular weight is 438 g/mol. The van der Waals surface area contributed by atoms with Crippen molar-refractivity contribution in [3.05, 3.63) is 91.6 Å². The number of fused-ring (bicyclic) bond motifs is 1. The minimum absolute atomic E-state index is 0.0672. The lowest BCUT2D eigenvalue weighted by atomic mass is 10.2. The molecule has 0 saturated heterocycles. The summed E-state index contributed by atoms with van der Waals surface area (Å²) in [6, 6.07) is 16.4. The lowest BCUT2D eigenvalue weighted by Crippen LogP contribution is -2.31. The summed E-state index contributed by atoms with van der Waals surface area (Å²) in [7, 11) is 0. The zero-order valence-electron chi connectivity index (χ0n) is 16.0. The number of carbonyl (C=O) groups is 1. The Bertz CT molecular complexity index is 1290. The van der Waals surface area contributed by atoms with Gasteiger partial charge < -0.3 is 5.32 Å². The van der Waals surface area contributed by atoms with Crippen LogP contribution in [0, 0.1) is 0 Å². The van der Waals surface area contributed by atoms with Gasteiger partial charge in [-0.05, 0) is 46.7 Å². The Morgan fingerprint density at radius 1 is 1.03 bits per heavy atom. The maximum atomic E-state index is 12.6. The van der Waals surface area contributed by atoms with Gasteiger partial charge in [-0.25, -0.2) is 4.68 Å². The van der Waals surface area contributed by atoms with Crippen LogP contribution in [0.5, 0.6) is 0 Å². The molecule has 0 unspecified atom stereocenters. The van der Waals surface area contributed by atoms with Crippen molar-refractivity contribution in [2.45, 2.75) is 23.6 Å². The number of nitrogens with one attached hydrogen (secondary N) is 2. The van der Waals surface area contributed by atoms with E-state index in [1.54, 1.807) is 47.4 Å². The van der Waals surface area contributed by atoms with Crippen molar-refractivity contribution in [2.24, 2.45) is 0 Å². The SMILES string of the molecule is O=C(CCn1[nH]c(=O)c2ccccc2c1=O)Nc1ccccc1SCc1ccsc1. The van der Waals surface area contributed by atoms with E-state index in [4.69, 9.17) is 0 Å². The third kappa shape index (κ3) is 4.55. The Hall–Kier alpha value is -3.10. The molecule has 1 amide bonds. The van der Waals surface area contributed by atoms with Gasteiger partial charge in [0.1, 0.15) is 0 Å². The summed E-state index contributed by atoms with van der Waals surface area (Å²) in [6.45, 7) is 0.0922. The number of benzene rings is 2. The van der Waals surface area contributed by atoms with Crippen LogP contribution in [0.4, 0.5) is 5.69 Å². The molecule has 0 aliphatic carbocycles. The Morgan fingerprint density at radius 3 is 2.60 bits per heavy atom. The number of para-hydroxylation sites is 1. The minimum Gasteiger partial charge on any atom is -0.325 e. The highest BCUT2D eigenvalue weighted by atomic mass is 32.2. The van der Waals surface area contributed by atoms with Crippen molar-refractivity contribution in [1.82, 2.24) is 9.78 Å². The lowest BCUT2D eigenvalue weighted by molar-refractivity contribution is -0.116. The van der Waals surface area contributed by atoms with Crippen molar-refractivity contribution in [3.63, 3.8) is 0 Å². The van der Waals surface area contributed by atoms with E-state index in [2.05, 4.69) is 21.9 Å². The smallest absolute Gasteiger partial charge is 0.273 e. The van der Waals surface area contributed by atoms with Crippen LogP contribution in [-0.2, 0) is 17.1 Å². The first-order valence-electron chi connectivity index (χ1n) is 9.36. The second-order valence-electron chi connectivity index (χ2n) is 6.66. The zero-order valence-corrected chi connectivity index (χ0v) is 17.6. The van der Waals surface area contributed by atoms with Crippen LogP contribution in [0.25, 0.3) is 10.8 Å². The van der Waals surface area contributed by atoms with Crippen molar-refractivity contribution in [2.75, 3.05) is 5.32 Å². The van der Waals surface area contributed by atoms with E-state index >= 15 is 0 Å². The Labute approximate surface area is 180 Å². The van der Waals surface area contributed by atoms with E-state index in [1.807, 2.05) is 29.6 Å². The number of aromatic amines is 1. The number of hydrogen-bond donors (Lipinski definition) is 2. The van der Waals surface area contributed by atoms with E-state index < -0.39 is 0 Å². The number of hydrogen-bond acceptors (Lipinski definition) is 5. The van der Waals surface area contributed by atoms with Gasteiger partial charge in [0.05, 0.1) is 23.0 Å². The van der Waals surface area contributed by atoms with Gasteiger partial charge in [0.15, 0.2) is 0 Å². The summed E-state index contributed by atoms with van der Waals surface area (Å²) in [4.78, 5) is 38.2. The second-order valence-corrected chi connectivity index (χ2v) is 8.46. The van der Waals surface area contributed by atoms with E-state index in [0.717, 1.165) is 16.3 Å². The molecule has 0 atom stereocenters. The van der Waals surface area contributed by atoms with Crippen LogP contribution < -0.4 is 16.4 Å². The fourth-order valence-electron chi connectivity index (χ4n) is 3.06. The first-order valence-corrected chi connectivity index (χ1v) is 11.3. The van der Waals surface area contributed by atoms with Gasteiger partial charge >= 0.3 is 0 Å². The molecule has 30 heavy (non-hydrogen) atoms. The predicted octanol–water partition coefficient (Wildman–Crippen LogP) is 4.07. The summed E-state index contributed by atoms with van der Waals surface area (Å²) >= 11 is 3.32. The number of anilines is 1. The summed E-state index contributed by atoms with van der Waals surface area (Å²) in [5.74, 6) is 0.601. The molecule has 2 heterocycles. The molecule has 8 heteroatoms.